The molecule has 0 amide bonds. The minimum absolute atomic E-state index is 0.0189. The van der Waals surface area contributed by atoms with Gasteiger partial charge in [0.25, 0.3) is 0 Å². The molecule has 8 aromatic rings. The molecule has 0 unspecified atom stereocenters. The van der Waals surface area contributed by atoms with E-state index in [9.17, 15) is 116 Å². The second kappa shape index (κ2) is 24.8. The second-order valence-electron chi connectivity index (χ2n) is 19.2. The van der Waals surface area contributed by atoms with Gasteiger partial charge in [-0.2, -0.15) is 105 Å². The molecule has 0 heterocycles. The highest BCUT2D eigenvalue weighted by Gasteiger charge is 2.42. The first-order valence-electron chi connectivity index (χ1n) is 24.1. The fourth-order valence-electron chi connectivity index (χ4n) is 8.84. The second-order valence-corrected chi connectivity index (χ2v) is 24.0. The van der Waals surface area contributed by atoms with Gasteiger partial charge in [-0.15, -0.1) is 0 Å². The van der Waals surface area contributed by atoms with Crippen molar-refractivity contribution in [2.24, 2.45) is 9.98 Å². The van der Waals surface area contributed by atoms with Crippen LogP contribution >= 0.6 is 90.4 Å². The summed E-state index contributed by atoms with van der Waals surface area (Å²) in [6, 6.07) is 5.08. The molecule has 0 aliphatic heterocycles. The van der Waals surface area contributed by atoms with Gasteiger partial charge in [-0.25, -0.2) is 0 Å². The van der Waals surface area contributed by atoms with Gasteiger partial charge in [0.05, 0.1) is 63.0 Å². The Hall–Kier alpha value is -6.06. The molecule has 0 aliphatic carbocycles. The number of aromatic hydroxyl groups is 2. The zero-order chi connectivity index (χ0) is 67.1. The van der Waals surface area contributed by atoms with Crippen LogP contribution in [0.25, 0.3) is 55.6 Å². The standard InChI is InChI=1S/C58H24F24I4N2O2/c59-51(60,61)31-1-25(2-32(15-31)52(62,63)64)41-11-23(12-42(47(41)87-21-29-9-39(83)19-45(85)49(29)89)26-3-33(53(65,66)67)16-34(4-26)54(68,69)70)24-13-43(27-5-35(55(71,72)73)17-36(6-27)56(74,75)76)48(88-22-30-10-40(84)20-46(86)50(30)90)44(14-24)28-7-37(57(77,78)79)18-38(8-28)58(80,81)82/h1-22,89-90H. The van der Waals surface area contributed by atoms with Gasteiger partial charge in [0.15, 0.2) is 0 Å². The van der Waals surface area contributed by atoms with Gasteiger partial charge in [-0.3, -0.25) is 9.98 Å². The Kier molecular flexibility index (Phi) is 19.2. The van der Waals surface area contributed by atoms with Gasteiger partial charge in [-0.1, -0.05) is 0 Å². The molecule has 0 spiro atoms. The van der Waals surface area contributed by atoms with Crippen molar-refractivity contribution in [2.45, 2.75) is 49.4 Å². The number of rotatable bonds is 9. The maximum absolute atomic E-state index is 14.8. The minimum Gasteiger partial charge on any atom is -0.506 e. The van der Waals surface area contributed by atoms with Crippen molar-refractivity contribution in [1.29, 1.82) is 0 Å². The fourth-order valence-corrected chi connectivity index (χ4v) is 12.6. The van der Waals surface area contributed by atoms with E-state index in [1.807, 2.05) is 0 Å². The Balaban J connectivity index is 1.70. The minimum atomic E-state index is -5.75. The molecule has 0 radical (unpaired) electrons. The molecule has 8 rings (SSSR count). The number of aliphatic imine (C=N–C) groups is 2. The summed E-state index contributed by atoms with van der Waals surface area (Å²) in [5.74, 6) is -1.34. The Morgan fingerprint density at radius 3 is 0.622 bits per heavy atom. The summed E-state index contributed by atoms with van der Waals surface area (Å²) >= 11 is 6.54. The lowest BCUT2D eigenvalue weighted by Crippen LogP contribution is -2.11. The van der Waals surface area contributed by atoms with Crippen LogP contribution in [0.4, 0.5) is 117 Å². The third kappa shape index (κ3) is 15.9. The number of nitrogens with zero attached hydrogens (tertiary/aromatic N) is 2. The summed E-state index contributed by atoms with van der Waals surface area (Å²) in [5.41, 5.74) is -32.2. The summed E-state index contributed by atoms with van der Waals surface area (Å²) in [7, 11) is 0. The predicted octanol–water partition coefficient (Wildman–Crippen LogP) is 23.5. The van der Waals surface area contributed by atoms with Crippen molar-refractivity contribution in [1.82, 2.24) is 0 Å². The summed E-state index contributed by atoms with van der Waals surface area (Å²) in [4.78, 5) is 8.28. The lowest BCUT2D eigenvalue weighted by molar-refractivity contribution is -0.144. The number of phenolic OH excluding ortho intramolecular Hbond substituents is 2. The molecule has 0 saturated carbocycles. The normalized spacial score (nSPS) is 13.3. The molecule has 0 atom stereocenters. The van der Waals surface area contributed by atoms with E-state index in [-0.39, 0.29) is 73.9 Å². The third-order valence-corrected chi connectivity index (χ3v) is 15.8. The molecule has 0 saturated heterocycles. The van der Waals surface area contributed by atoms with E-state index in [0.717, 1.165) is 12.1 Å². The lowest BCUT2D eigenvalue weighted by atomic mass is 9.85. The highest BCUT2D eigenvalue weighted by Crippen LogP contribution is 2.53. The number of hydrogen-bond acceptors (Lipinski definition) is 4. The smallest absolute Gasteiger partial charge is 0.416 e. The largest absolute Gasteiger partial charge is 0.506 e. The maximum Gasteiger partial charge on any atom is 0.416 e. The highest BCUT2D eigenvalue weighted by atomic mass is 127. The molecule has 90 heavy (non-hydrogen) atoms. The molecule has 4 nitrogen and oxygen atoms in total. The average Bonchev–Trinajstić information content (AvgIpc) is 0.765. The van der Waals surface area contributed by atoms with Crippen LogP contribution in [0.1, 0.15) is 55.6 Å². The van der Waals surface area contributed by atoms with Gasteiger partial charge in [0, 0.05) is 53.0 Å². The van der Waals surface area contributed by atoms with Crippen molar-refractivity contribution < 1.29 is 116 Å². The van der Waals surface area contributed by atoms with Crippen LogP contribution in [0.15, 0.2) is 131 Å². The van der Waals surface area contributed by atoms with Crippen LogP contribution in [0.2, 0.25) is 0 Å². The molecular formula is C58H24F24I4N2O2. The highest BCUT2D eigenvalue weighted by molar-refractivity contribution is 14.1. The van der Waals surface area contributed by atoms with Crippen molar-refractivity contribution in [3.8, 4) is 67.1 Å². The van der Waals surface area contributed by atoms with Gasteiger partial charge < -0.3 is 10.2 Å². The summed E-state index contributed by atoms with van der Waals surface area (Å²) in [6.07, 6.45) is -44.8. The van der Waals surface area contributed by atoms with Gasteiger partial charge >= 0.3 is 49.4 Å². The van der Waals surface area contributed by atoms with Crippen LogP contribution in [-0.2, 0) is 49.4 Å². The zero-order valence-corrected chi connectivity index (χ0v) is 51.7. The van der Waals surface area contributed by atoms with E-state index >= 15 is 0 Å². The first-order chi connectivity index (χ1) is 41.1. The van der Waals surface area contributed by atoms with Crippen LogP contribution in [0, 0.1) is 14.3 Å². The van der Waals surface area contributed by atoms with E-state index in [0.29, 0.717) is 36.7 Å². The molecule has 0 fully saturated rings. The van der Waals surface area contributed by atoms with Crippen LogP contribution in [-0.4, -0.2) is 22.6 Å². The van der Waals surface area contributed by atoms with Crippen LogP contribution in [0.3, 0.4) is 0 Å². The van der Waals surface area contributed by atoms with Crippen LogP contribution in [0.5, 0.6) is 11.5 Å². The zero-order valence-electron chi connectivity index (χ0n) is 43.1. The van der Waals surface area contributed by atoms with E-state index in [1.54, 1.807) is 90.4 Å². The molecule has 32 heteroatoms. The summed E-state index contributed by atoms with van der Waals surface area (Å²) in [5, 5.41) is 22.1. The molecule has 0 aliphatic rings. The van der Waals surface area contributed by atoms with Crippen molar-refractivity contribution in [3.05, 3.63) is 191 Å². The Morgan fingerprint density at radius 2 is 0.444 bits per heavy atom. The first-order valence-corrected chi connectivity index (χ1v) is 28.4. The molecular weight excluding hydrogens is 1720 g/mol. The number of phenols is 2. The van der Waals surface area contributed by atoms with Gasteiger partial charge in [0.2, 0.25) is 0 Å². The van der Waals surface area contributed by atoms with E-state index in [2.05, 4.69) is 9.98 Å². The topological polar surface area (TPSA) is 65.2 Å². The predicted molar refractivity (Wildman–Crippen MR) is 315 cm³/mol. The van der Waals surface area contributed by atoms with Gasteiger partial charge in [0.1, 0.15) is 11.5 Å². The van der Waals surface area contributed by atoms with Crippen molar-refractivity contribution >= 4 is 114 Å². The third-order valence-electron chi connectivity index (χ3n) is 12.9. The van der Waals surface area contributed by atoms with E-state index in [1.165, 1.54) is 12.1 Å². The Bertz CT molecular complexity index is 3620. The fraction of sp³-hybridized carbons (Fsp3) is 0.138. The van der Waals surface area contributed by atoms with Gasteiger partial charge in [-0.05, 0) is 245 Å². The first kappa shape index (κ1) is 69.8. The molecule has 0 aromatic heterocycles. The van der Waals surface area contributed by atoms with Crippen molar-refractivity contribution in [3.63, 3.8) is 0 Å². The van der Waals surface area contributed by atoms with E-state index < -0.39 is 197 Å². The molecule has 0 bridgehead atoms. The monoisotopic (exact) mass is 1740 g/mol. The average molecular weight is 1740 g/mol. The summed E-state index contributed by atoms with van der Waals surface area (Å²) < 4.78 is 355. The number of hydrogen-bond donors (Lipinski definition) is 2. The Labute approximate surface area is 543 Å². The molecule has 2 N–H and O–H groups in total. The summed E-state index contributed by atoms with van der Waals surface area (Å²) in [6.45, 7) is 0. The number of alkyl halides is 24. The quantitative estimate of drug-likeness (QED) is 0.0859. The molecule has 8 aromatic carbocycles. The molecule has 474 valence electrons. The lowest BCUT2D eigenvalue weighted by Gasteiger charge is -2.22. The number of benzene rings is 8. The number of halogens is 28. The maximum atomic E-state index is 14.8. The van der Waals surface area contributed by atoms with Crippen molar-refractivity contribution in [2.75, 3.05) is 0 Å². The van der Waals surface area contributed by atoms with E-state index in [4.69, 9.17) is 0 Å². The SMILES string of the molecule is Oc1c(I)cc(I)cc1C=Nc1c(-c2cc(C(F)(F)F)cc(C(F)(F)F)c2)cc(-c2cc(-c3cc(C(F)(F)F)cc(C(F)(F)F)c3)c(N=Cc3cc(I)cc(I)c3O)c(-c3cc(C(F)(F)F)cc(C(F)(F)F)c3)c2)cc1-c1cc(C(F)(F)F)cc(C(F)(F)F)c1. The van der Waals surface area contributed by atoms with Crippen LogP contribution < -0.4 is 0 Å². The Morgan fingerprint density at radius 1 is 0.256 bits per heavy atom.